The minimum atomic E-state index is -0.431. The topological polar surface area (TPSA) is 63.0 Å². The van der Waals surface area contributed by atoms with Crippen LogP contribution in [0.1, 0.15) is 10.4 Å². The number of piperazine rings is 1. The number of amides is 1. The van der Waals surface area contributed by atoms with Crippen LogP contribution >= 0.6 is 22.9 Å². The Labute approximate surface area is 177 Å². The van der Waals surface area contributed by atoms with E-state index in [1.807, 2.05) is 11.8 Å². The summed E-state index contributed by atoms with van der Waals surface area (Å²) in [6, 6.07) is 8.87. The molecule has 1 fully saturated rings. The maximum absolute atomic E-state index is 12.5. The molecule has 0 N–H and O–H groups in total. The fraction of sp³-hybridized carbons (Fsp3) is 0.333. The van der Waals surface area contributed by atoms with E-state index in [-0.39, 0.29) is 12.5 Å². The van der Waals surface area contributed by atoms with Crippen molar-refractivity contribution in [2.45, 2.75) is 13.5 Å². The van der Waals surface area contributed by atoms with Gasteiger partial charge in [0.2, 0.25) is 0 Å². The number of thiophene rings is 1. The Morgan fingerprint density at radius 1 is 1.24 bits per heavy atom. The van der Waals surface area contributed by atoms with Gasteiger partial charge in [-0.1, -0.05) is 17.7 Å². The molecule has 0 aliphatic carbocycles. The Morgan fingerprint density at radius 3 is 2.76 bits per heavy atom. The molecule has 2 aromatic heterocycles. The fourth-order valence-electron chi connectivity index (χ4n) is 3.44. The van der Waals surface area contributed by atoms with Gasteiger partial charge in [-0.05, 0) is 30.0 Å². The molecule has 29 heavy (non-hydrogen) atoms. The molecule has 0 spiro atoms. The van der Waals surface area contributed by atoms with Crippen LogP contribution < -0.4 is 10.4 Å². The van der Waals surface area contributed by atoms with E-state index >= 15 is 0 Å². The van der Waals surface area contributed by atoms with Crippen LogP contribution in [0.3, 0.4) is 0 Å². The van der Waals surface area contributed by atoms with Crippen LogP contribution in [0, 0.1) is 6.92 Å². The van der Waals surface area contributed by atoms with E-state index in [2.05, 4.69) is 22.4 Å². The van der Waals surface area contributed by atoms with Crippen molar-refractivity contribution in [3.05, 3.63) is 61.6 Å². The second-order valence-corrected chi connectivity index (χ2v) is 8.49. The zero-order valence-electron chi connectivity index (χ0n) is 16.0. The maximum Gasteiger partial charge on any atom is 0.336 e. The number of ether oxygens (including phenoxy) is 1. The molecule has 0 saturated carbocycles. The largest absolute Gasteiger partial charge is 0.482 e. The first-order chi connectivity index (χ1) is 14.0. The molecule has 0 bridgehead atoms. The normalized spacial score (nSPS) is 15.0. The van der Waals surface area contributed by atoms with Gasteiger partial charge in [0.05, 0.1) is 5.02 Å². The lowest BCUT2D eigenvalue weighted by atomic mass is 10.1. The Kier molecular flexibility index (Phi) is 5.89. The van der Waals surface area contributed by atoms with Crippen LogP contribution in [-0.4, -0.2) is 48.5 Å². The van der Waals surface area contributed by atoms with Crippen molar-refractivity contribution >= 4 is 39.8 Å². The second-order valence-electron chi connectivity index (χ2n) is 7.05. The summed E-state index contributed by atoms with van der Waals surface area (Å²) in [4.78, 5) is 29.6. The standard InChI is InChI=1S/C21H21ClN2O4S/c1-14-9-21(26)28-18-11-19(17(22)10-16(14)18)27-13-20(25)24-6-4-23(5-7-24)12-15-3-2-8-29-15/h2-3,8-11H,4-7,12-13H2,1H3. The molecule has 6 nitrogen and oxygen atoms in total. The van der Waals surface area contributed by atoms with Crippen LogP contribution in [0.5, 0.6) is 5.75 Å². The van der Waals surface area contributed by atoms with Crippen molar-refractivity contribution in [3.8, 4) is 5.75 Å². The van der Waals surface area contributed by atoms with Gasteiger partial charge in [0.15, 0.2) is 6.61 Å². The van der Waals surface area contributed by atoms with Crippen LogP contribution in [0.2, 0.25) is 5.02 Å². The Morgan fingerprint density at radius 2 is 2.03 bits per heavy atom. The summed E-state index contributed by atoms with van der Waals surface area (Å²) in [5.41, 5.74) is 0.741. The van der Waals surface area contributed by atoms with E-state index in [0.717, 1.165) is 30.6 Å². The summed E-state index contributed by atoms with van der Waals surface area (Å²) in [6.07, 6.45) is 0. The van der Waals surface area contributed by atoms with Gasteiger partial charge in [-0.2, -0.15) is 0 Å². The summed E-state index contributed by atoms with van der Waals surface area (Å²) < 4.78 is 10.9. The highest BCUT2D eigenvalue weighted by Crippen LogP contribution is 2.31. The lowest BCUT2D eigenvalue weighted by Gasteiger charge is -2.34. The minimum absolute atomic E-state index is 0.0809. The number of carbonyl (C=O) groups is 1. The molecule has 0 unspecified atom stereocenters. The first kappa shape index (κ1) is 19.9. The Balaban J connectivity index is 1.35. The molecule has 1 amide bonds. The highest BCUT2D eigenvalue weighted by Gasteiger charge is 2.22. The summed E-state index contributed by atoms with van der Waals surface area (Å²) in [6.45, 7) is 5.66. The number of halogens is 1. The number of hydrogen-bond acceptors (Lipinski definition) is 6. The summed E-state index contributed by atoms with van der Waals surface area (Å²) in [7, 11) is 0. The third-order valence-corrected chi connectivity index (χ3v) is 6.20. The van der Waals surface area contributed by atoms with Gasteiger partial charge >= 0.3 is 5.63 Å². The Hall–Kier alpha value is -2.35. The summed E-state index contributed by atoms with van der Waals surface area (Å²) in [5.74, 6) is 0.250. The number of benzene rings is 1. The average Bonchev–Trinajstić information content (AvgIpc) is 3.20. The van der Waals surface area contributed by atoms with Crippen LogP contribution in [-0.2, 0) is 11.3 Å². The van der Waals surface area contributed by atoms with Gasteiger partial charge in [-0.25, -0.2) is 4.79 Å². The first-order valence-corrected chi connectivity index (χ1v) is 10.6. The van der Waals surface area contributed by atoms with Gasteiger partial charge < -0.3 is 14.1 Å². The zero-order chi connectivity index (χ0) is 20.4. The quantitative estimate of drug-likeness (QED) is 0.577. The molecule has 1 aliphatic heterocycles. The molecule has 0 atom stereocenters. The van der Waals surface area contributed by atoms with Gasteiger partial charge in [-0.3, -0.25) is 9.69 Å². The van der Waals surface area contributed by atoms with Gasteiger partial charge in [0.25, 0.3) is 5.91 Å². The molecular weight excluding hydrogens is 412 g/mol. The lowest BCUT2D eigenvalue weighted by molar-refractivity contribution is -0.135. The number of rotatable bonds is 5. The molecular formula is C21H21ClN2O4S. The molecule has 0 radical (unpaired) electrons. The van der Waals surface area contributed by atoms with Crippen molar-refractivity contribution in [2.24, 2.45) is 0 Å². The highest BCUT2D eigenvalue weighted by atomic mass is 35.5. The van der Waals surface area contributed by atoms with Crippen molar-refractivity contribution in [1.29, 1.82) is 0 Å². The SMILES string of the molecule is Cc1cc(=O)oc2cc(OCC(=O)N3CCN(Cc4cccs4)CC3)c(Cl)cc12. The minimum Gasteiger partial charge on any atom is -0.482 e. The molecule has 8 heteroatoms. The summed E-state index contributed by atoms with van der Waals surface area (Å²) >= 11 is 8.05. The number of carbonyl (C=O) groups excluding carboxylic acids is 1. The zero-order valence-corrected chi connectivity index (χ0v) is 17.6. The van der Waals surface area contributed by atoms with Crippen molar-refractivity contribution < 1.29 is 13.9 Å². The molecule has 3 heterocycles. The van der Waals surface area contributed by atoms with Crippen LogP contribution in [0.15, 0.2) is 44.9 Å². The number of nitrogens with zero attached hydrogens (tertiary/aromatic N) is 2. The monoisotopic (exact) mass is 432 g/mol. The van der Waals surface area contributed by atoms with Gasteiger partial charge in [0, 0.05) is 55.1 Å². The van der Waals surface area contributed by atoms with Crippen LogP contribution in [0.4, 0.5) is 0 Å². The molecule has 1 aromatic carbocycles. The van der Waals surface area contributed by atoms with Crippen molar-refractivity contribution in [1.82, 2.24) is 9.80 Å². The number of aryl methyl sites for hydroxylation is 1. The third-order valence-electron chi connectivity index (χ3n) is 5.04. The van der Waals surface area contributed by atoms with E-state index in [0.29, 0.717) is 29.4 Å². The van der Waals surface area contributed by atoms with Crippen molar-refractivity contribution in [3.63, 3.8) is 0 Å². The van der Waals surface area contributed by atoms with E-state index in [1.54, 1.807) is 23.5 Å². The van der Waals surface area contributed by atoms with E-state index in [9.17, 15) is 9.59 Å². The average molecular weight is 433 g/mol. The maximum atomic E-state index is 12.5. The van der Waals surface area contributed by atoms with Gasteiger partial charge in [0.1, 0.15) is 11.3 Å². The third kappa shape index (κ3) is 4.63. The van der Waals surface area contributed by atoms with E-state index in [4.69, 9.17) is 20.8 Å². The van der Waals surface area contributed by atoms with Gasteiger partial charge in [-0.15, -0.1) is 11.3 Å². The molecule has 1 aliphatic rings. The lowest BCUT2D eigenvalue weighted by Crippen LogP contribution is -2.49. The van der Waals surface area contributed by atoms with E-state index < -0.39 is 5.63 Å². The van der Waals surface area contributed by atoms with Crippen molar-refractivity contribution in [2.75, 3.05) is 32.8 Å². The highest BCUT2D eigenvalue weighted by molar-refractivity contribution is 7.09. The predicted molar refractivity (Wildman–Crippen MR) is 114 cm³/mol. The van der Waals surface area contributed by atoms with E-state index in [1.165, 1.54) is 10.9 Å². The number of fused-ring (bicyclic) bond motifs is 1. The van der Waals surface area contributed by atoms with Crippen LogP contribution in [0.25, 0.3) is 11.0 Å². The predicted octanol–water partition coefficient (Wildman–Crippen LogP) is 3.54. The first-order valence-electron chi connectivity index (χ1n) is 9.39. The Bertz CT molecular complexity index is 1070. The second kappa shape index (κ2) is 8.57. The fourth-order valence-corrected chi connectivity index (χ4v) is 4.40. The summed E-state index contributed by atoms with van der Waals surface area (Å²) in [5, 5.41) is 3.20. The molecule has 4 rings (SSSR count). The molecule has 3 aromatic rings. The molecule has 152 valence electrons. The number of hydrogen-bond donors (Lipinski definition) is 0. The smallest absolute Gasteiger partial charge is 0.336 e. The molecule has 1 saturated heterocycles.